The van der Waals surface area contributed by atoms with Crippen molar-refractivity contribution in [2.45, 2.75) is 71.1 Å². The van der Waals surface area contributed by atoms with E-state index in [4.69, 9.17) is 0 Å². The summed E-state index contributed by atoms with van der Waals surface area (Å²) in [5.41, 5.74) is 1.78. The zero-order valence-electron chi connectivity index (χ0n) is 10.3. The summed E-state index contributed by atoms with van der Waals surface area (Å²) in [5, 5.41) is 9.57. The lowest BCUT2D eigenvalue weighted by Crippen LogP contribution is -2.20. The van der Waals surface area contributed by atoms with Gasteiger partial charge in [0, 0.05) is 6.42 Å². The average molecular weight is 230 g/mol. The second-order valence-corrected chi connectivity index (χ2v) is 4.19. The van der Waals surface area contributed by atoms with Gasteiger partial charge in [0.05, 0.1) is 0 Å². The van der Waals surface area contributed by atoms with Crippen LogP contribution >= 0.6 is 0 Å². The van der Waals surface area contributed by atoms with Crippen LogP contribution in [-0.2, 0) is 15.0 Å². The van der Waals surface area contributed by atoms with Crippen molar-refractivity contribution in [3.8, 4) is 0 Å². The lowest BCUT2D eigenvalue weighted by atomic mass is 10.1. The highest BCUT2D eigenvalue weighted by Gasteiger charge is 2.00. The highest BCUT2D eigenvalue weighted by atomic mass is 17.2. The van der Waals surface area contributed by atoms with Crippen LogP contribution in [0.1, 0.15) is 71.1 Å². The molecule has 0 saturated carbocycles. The van der Waals surface area contributed by atoms with Gasteiger partial charge >= 0.3 is 0 Å². The van der Waals surface area contributed by atoms with Crippen LogP contribution in [0.25, 0.3) is 0 Å². The fourth-order valence-corrected chi connectivity index (χ4v) is 1.69. The van der Waals surface area contributed by atoms with Crippen LogP contribution in [0, 0.1) is 0 Å². The fourth-order valence-electron chi connectivity index (χ4n) is 1.69. The number of rotatable bonds is 11. The normalized spacial score (nSPS) is 10.4. The lowest BCUT2D eigenvalue weighted by molar-refractivity contribution is -0.339. The Morgan fingerprint density at radius 1 is 0.938 bits per heavy atom. The van der Waals surface area contributed by atoms with Gasteiger partial charge in [-0.05, 0) is 11.7 Å². The number of carbonyl (C=O) groups is 1. The summed E-state index contributed by atoms with van der Waals surface area (Å²) < 4.78 is 0. The molecule has 4 nitrogen and oxygen atoms in total. The van der Waals surface area contributed by atoms with Crippen LogP contribution in [0.2, 0.25) is 0 Å². The Morgan fingerprint density at radius 2 is 1.44 bits per heavy atom. The molecule has 0 aromatic rings. The fraction of sp³-hybridized carbons (Fsp3) is 0.917. The summed E-state index contributed by atoms with van der Waals surface area (Å²) in [6, 6.07) is 0. The minimum Gasteiger partial charge on any atom is -0.273 e. The first kappa shape index (κ1) is 15.4. The number of hydrogen-bond donors (Lipinski definition) is 1. The highest BCUT2D eigenvalue weighted by Crippen LogP contribution is 2.10. The van der Waals surface area contributed by atoms with Gasteiger partial charge in [0.2, 0.25) is 5.91 Å². The third-order valence-corrected chi connectivity index (χ3v) is 2.66. The van der Waals surface area contributed by atoms with Crippen LogP contribution < -0.4 is 5.48 Å². The van der Waals surface area contributed by atoms with Gasteiger partial charge in [-0.2, -0.15) is 5.48 Å². The summed E-state index contributed by atoms with van der Waals surface area (Å²) in [7, 11) is 0. The van der Waals surface area contributed by atoms with Gasteiger partial charge in [0.25, 0.3) is 0 Å². The molecule has 16 heavy (non-hydrogen) atoms. The molecule has 0 heterocycles. The second kappa shape index (κ2) is 12.5. The Balaban J connectivity index is 3.01. The molecule has 95 valence electrons. The molecular weight excluding hydrogens is 206 g/mol. The van der Waals surface area contributed by atoms with Crippen molar-refractivity contribution < 1.29 is 15.0 Å². The molecule has 0 rings (SSSR count). The van der Waals surface area contributed by atoms with E-state index in [1.54, 1.807) is 5.48 Å². The van der Waals surface area contributed by atoms with Crippen LogP contribution in [0.15, 0.2) is 0 Å². The van der Waals surface area contributed by atoms with Gasteiger partial charge < -0.3 is 0 Å². The molecule has 0 aromatic carbocycles. The zero-order valence-corrected chi connectivity index (χ0v) is 10.3. The van der Waals surface area contributed by atoms with E-state index in [2.05, 4.69) is 11.9 Å². The quantitative estimate of drug-likeness (QED) is 0.336. The summed E-state index contributed by atoms with van der Waals surface area (Å²) in [6.07, 6.45) is 11.3. The molecule has 0 saturated heterocycles. The Morgan fingerprint density at radius 3 is 1.94 bits per heavy atom. The molecule has 0 aliphatic rings. The van der Waals surface area contributed by atoms with E-state index in [0.717, 1.165) is 12.8 Å². The van der Waals surface area contributed by atoms with Gasteiger partial charge in [-0.15, -0.1) is 0 Å². The van der Waals surface area contributed by atoms with Gasteiger partial charge in [-0.1, -0.05) is 63.3 Å². The Labute approximate surface area is 98.3 Å². The smallest absolute Gasteiger partial charge is 0.246 e. The van der Waals surface area contributed by atoms with Gasteiger partial charge in [0.1, 0.15) is 0 Å². The van der Waals surface area contributed by atoms with E-state index in [-0.39, 0.29) is 5.91 Å². The minimum atomic E-state index is -0.321. The highest BCUT2D eigenvalue weighted by molar-refractivity contribution is 5.74. The molecule has 0 aliphatic carbocycles. The molecule has 1 amide bonds. The van der Waals surface area contributed by atoms with E-state index in [0.29, 0.717) is 6.42 Å². The van der Waals surface area contributed by atoms with E-state index >= 15 is 0 Å². The number of hydrogen-bond acceptors (Lipinski definition) is 2. The topological polar surface area (TPSA) is 58.2 Å². The predicted octanol–water partition coefficient (Wildman–Crippen LogP) is 3.30. The molecular formula is C12H24NO3. The molecule has 4 heteroatoms. The number of amides is 1. The van der Waals surface area contributed by atoms with Crippen molar-refractivity contribution in [3.63, 3.8) is 0 Å². The SMILES string of the molecule is CCCCCCCCCCCC(=O)NO[O]. The molecule has 0 aromatic heterocycles. The largest absolute Gasteiger partial charge is 0.273 e. The average Bonchev–Trinajstić information content (AvgIpc) is 2.27. The maximum atomic E-state index is 10.8. The Kier molecular flexibility index (Phi) is 12.0. The summed E-state index contributed by atoms with van der Waals surface area (Å²) in [5.74, 6) is -0.321. The van der Waals surface area contributed by atoms with Crippen molar-refractivity contribution in [1.82, 2.24) is 5.48 Å². The lowest BCUT2D eigenvalue weighted by Gasteiger charge is -2.01. The molecule has 0 fully saturated rings. The minimum absolute atomic E-state index is 0.321. The van der Waals surface area contributed by atoms with Crippen LogP contribution in [-0.4, -0.2) is 5.91 Å². The van der Waals surface area contributed by atoms with Gasteiger partial charge in [0.15, 0.2) is 0 Å². The van der Waals surface area contributed by atoms with Crippen molar-refractivity contribution >= 4 is 5.91 Å². The van der Waals surface area contributed by atoms with Gasteiger partial charge in [-0.3, -0.25) is 4.79 Å². The van der Waals surface area contributed by atoms with Crippen molar-refractivity contribution in [3.05, 3.63) is 0 Å². The second-order valence-electron chi connectivity index (χ2n) is 4.19. The Bertz CT molecular complexity index is 162. The van der Waals surface area contributed by atoms with E-state index in [1.807, 2.05) is 0 Å². The van der Waals surface area contributed by atoms with Crippen LogP contribution in [0.5, 0.6) is 0 Å². The molecule has 0 aliphatic heterocycles. The first-order chi connectivity index (χ1) is 7.81. The Hall–Kier alpha value is -0.610. The third kappa shape index (κ3) is 11.5. The summed E-state index contributed by atoms with van der Waals surface area (Å²) >= 11 is 0. The first-order valence-electron chi connectivity index (χ1n) is 6.39. The molecule has 0 unspecified atom stereocenters. The van der Waals surface area contributed by atoms with E-state index in [1.165, 1.54) is 44.9 Å². The van der Waals surface area contributed by atoms with Crippen molar-refractivity contribution in [1.29, 1.82) is 0 Å². The maximum Gasteiger partial charge on any atom is 0.246 e. The number of hydroxylamine groups is 1. The monoisotopic (exact) mass is 230 g/mol. The first-order valence-corrected chi connectivity index (χ1v) is 6.39. The third-order valence-electron chi connectivity index (χ3n) is 2.66. The zero-order chi connectivity index (χ0) is 12.1. The van der Waals surface area contributed by atoms with E-state index in [9.17, 15) is 10.1 Å². The molecule has 1 radical (unpaired) electrons. The predicted molar refractivity (Wildman–Crippen MR) is 61.8 cm³/mol. The van der Waals surface area contributed by atoms with Gasteiger partial charge in [-0.25, -0.2) is 0 Å². The molecule has 0 bridgehead atoms. The number of carbonyl (C=O) groups excluding carboxylic acids is 1. The van der Waals surface area contributed by atoms with Crippen molar-refractivity contribution in [2.75, 3.05) is 0 Å². The molecule has 0 atom stereocenters. The summed E-state index contributed by atoms with van der Waals surface area (Å²) in [6.45, 7) is 2.22. The number of nitrogens with one attached hydrogen (secondary N) is 1. The summed E-state index contributed by atoms with van der Waals surface area (Å²) in [4.78, 5) is 14.1. The molecule has 1 N–H and O–H groups in total. The molecule has 0 spiro atoms. The maximum absolute atomic E-state index is 10.8. The standard InChI is InChI=1S/C12H24NO3/c1-2-3-4-5-6-7-8-9-10-11-12(14)13-16-15/h2-11H2,1H3,(H,13,14). The van der Waals surface area contributed by atoms with Crippen LogP contribution in [0.3, 0.4) is 0 Å². The number of unbranched alkanes of at least 4 members (excludes halogenated alkanes) is 8. The van der Waals surface area contributed by atoms with Crippen molar-refractivity contribution in [2.24, 2.45) is 0 Å². The van der Waals surface area contributed by atoms with E-state index < -0.39 is 0 Å². The van der Waals surface area contributed by atoms with Crippen LogP contribution in [0.4, 0.5) is 0 Å².